The van der Waals surface area contributed by atoms with Crippen molar-refractivity contribution in [1.29, 1.82) is 0 Å². The Morgan fingerprint density at radius 3 is 2.71 bits per heavy atom. The fraction of sp³-hybridized carbons (Fsp3) is 0.385. The maximum Gasteiger partial charge on any atom is 0.0818 e. The number of hydrogen-bond donors (Lipinski definition) is 1. The smallest absolute Gasteiger partial charge is 0.0818 e. The van der Waals surface area contributed by atoms with Crippen LogP contribution in [0.3, 0.4) is 0 Å². The van der Waals surface area contributed by atoms with Gasteiger partial charge >= 0.3 is 0 Å². The monoisotopic (exact) mass is 231 g/mol. The Kier molecular flexibility index (Phi) is 5.86. The Morgan fingerprint density at radius 1 is 1.41 bits per heavy atom. The molecule has 1 aromatic rings. The molecule has 0 unspecified atom stereocenters. The van der Waals surface area contributed by atoms with Crippen molar-refractivity contribution in [3.8, 4) is 0 Å². The minimum atomic E-state index is -0.615. The second-order valence-corrected chi connectivity index (χ2v) is 3.82. The number of aliphatic hydroxyl groups is 1. The van der Waals surface area contributed by atoms with Crippen LogP contribution in [0.2, 0.25) is 0 Å². The fourth-order valence-corrected chi connectivity index (χ4v) is 1.54. The summed E-state index contributed by atoms with van der Waals surface area (Å²) in [6.07, 6.45) is 4.48. The first-order valence-electron chi connectivity index (χ1n) is 5.73. The predicted octanol–water partition coefficient (Wildman–Crippen LogP) is 3.54. The number of hydrogen-bond acceptors (Lipinski definition) is 2. The highest BCUT2D eigenvalue weighted by Crippen LogP contribution is 2.10. The second-order valence-electron chi connectivity index (χ2n) is 3.82. The van der Waals surface area contributed by atoms with Crippen LogP contribution in [0.5, 0.6) is 0 Å². The Labute approximate surface area is 101 Å². The summed E-state index contributed by atoms with van der Waals surface area (Å²) in [5.41, 5.74) is 9.49. The molecular weight excluding hydrogens is 214 g/mol. The Hall–Kier alpha value is -1.77. The number of nitrogens with zero attached hydrogens (tertiary/aromatic N) is 3. The van der Waals surface area contributed by atoms with Crippen molar-refractivity contribution < 1.29 is 5.11 Å². The summed E-state index contributed by atoms with van der Waals surface area (Å²) in [4.78, 5) is 2.77. The molecule has 17 heavy (non-hydrogen) atoms. The molecule has 0 aliphatic heterocycles. The molecule has 1 rings (SSSR count). The van der Waals surface area contributed by atoms with E-state index >= 15 is 0 Å². The molecule has 4 heteroatoms. The zero-order chi connectivity index (χ0) is 12.5. The topological polar surface area (TPSA) is 69.0 Å². The minimum Gasteiger partial charge on any atom is -0.392 e. The molecule has 0 radical (unpaired) electrons. The summed E-state index contributed by atoms with van der Waals surface area (Å²) < 4.78 is 0. The fourth-order valence-electron chi connectivity index (χ4n) is 1.54. The summed E-state index contributed by atoms with van der Waals surface area (Å²) in [5, 5.41) is 13.4. The van der Waals surface area contributed by atoms with Crippen LogP contribution in [-0.4, -0.2) is 17.3 Å². The zero-order valence-electron chi connectivity index (χ0n) is 9.90. The predicted molar refractivity (Wildman–Crippen MR) is 69.3 cm³/mol. The van der Waals surface area contributed by atoms with Crippen molar-refractivity contribution in [3.05, 3.63) is 52.4 Å². The van der Waals surface area contributed by atoms with Crippen LogP contribution in [0.4, 0.5) is 0 Å². The first kappa shape index (κ1) is 13.3. The van der Waals surface area contributed by atoms with Gasteiger partial charge in [0.15, 0.2) is 0 Å². The summed E-state index contributed by atoms with van der Waals surface area (Å²) in [5.74, 6) is 0. The lowest BCUT2D eigenvalue weighted by Gasteiger charge is -2.13. The van der Waals surface area contributed by atoms with E-state index in [1.165, 1.54) is 0 Å². The van der Waals surface area contributed by atoms with Crippen molar-refractivity contribution >= 4 is 6.08 Å². The first-order valence-corrected chi connectivity index (χ1v) is 5.73. The van der Waals surface area contributed by atoms with E-state index in [0.717, 1.165) is 12.0 Å². The highest BCUT2D eigenvalue weighted by Gasteiger charge is 2.13. The largest absolute Gasteiger partial charge is 0.392 e. The molecule has 2 atom stereocenters. The molecule has 0 amide bonds. The standard InChI is InChI=1S/C13H17N3O/c1-2-6-13(17)12(15-16-14)10-9-11-7-4-3-5-8-11/h3-5,7-10,12-13,17H,2,6H2,1H3/b10-9+/t12-,13+/m0/s1. The first-order chi connectivity index (χ1) is 8.27. The van der Waals surface area contributed by atoms with Gasteiger partial charge in [0.25, 0.3) is 0 Å². The number of aliphatic hydroxyl groups excluding tert-OH is 1. The molecule has 0 saturated heterocycles. The molecule has 1 aromatic carbocycles. The number of rotatable bonds is 6. The van der Waals surface area contributed by atoms with Crippen LogP contribution in [0.25, 0.3) is 16.5 Å². The summed E-state index contributed by atoms with van der Waals surface area (Å²) in [6.45, 7) is 1.98. The van der Waals surface area contributed by atoms with E-state index in [0.29, 0.717) is 6.42 Å². The van der Waals surface area contributed by atoms with Crippen molar-refractivity contribution in [3.63, 3.8) is 0 Å². The van der Waals surface area contributed by atoms with Gasteiger partial charge in [-0.05, 0) is 17.5 Å². The van der Waals surface area contributed by atoms with Crippen LogP contribution in [0, 0.1) is 0 Å². The highest BCUT2D eigenvalue weighted by molar-refractivity contribution is 5.49. The highest BCUT2D eigenvalue weighted by atomic mass is 16.3. The van der Waals surface area contributed by atoms with Crippen LogP contribution in [-0.2, 0) is 0 Å². The maximum absolute atomic E-state index is 9.80. The van der Waals surface area contributed by atoms with E-state index in [9.17, 15) is 5.11 Å². The number of azide groups is 1. The summed E-state index contributed by atoms with van der Waals surface area (Å²) >= 11 is 0. The molecule has 90 valence electrons. The third-order valence-corrected chi connectivity index (χ3v) is 2.45. The van der Waals surface area contributed by atoms with Gasteiger partial charge in [-0.15, -0.1) is 0 Å². The molecule has 0 fully saturated rings. The Balaban J connectivity index is 2.73. The molecule has 4 nitrogen and oxygen atoms in total. The van der Waals surface area contributed by atoms with E-state index in [4.69, 9.17) is 5.53 Å². The van der Waals surface area contributed by atoms with Crippen molar-refractivity contribution in [1.82, 2.24) is 0 Å². The van der Waals surface area contributed by atoms with Gasteiger partial charge in [-0.3, -0.25) is 0 Å². The molecule has 0 heterocycles. The quantitative estimate of drug-likeness (QED) is 0.454. The van der Waals surface area contributed by atoms with Crippen LogP contribution in [0.1, 0.15) is 25.3 Å². The van der Waals surface area contributed by atoms with E-state index in [1.54, 1.807) is 6.08 Å². The molecule has 0 spiro atoms. The average Bonchev–Trinajstić information content (AvgIpc) is 2.36. The lowest BCUT2D eigenvalue weighted by atomic mass is 10.1. The van der Waals surface area contributed by atoms with Gasteiger partial charge in [-0.1, -0.05) is 60.9 Å². The van der Waals surface area contributed by atoms with Crippen molar-refractivity contribution in [2.45, 2.75) is 31.9 Å². The average molecular weight is 231 g/mol. The maximum atomic E-state index is 9.80. The zero-order valence-corrected chi connectivity index (χ0v) is 9.90. The lowest BCUT2D eigenvalue weighted by molar-refractivity contribution is 0.150. The minimum absolute atomic E-state index is 0.500. The summed E-state index contributed by atoms with van der Waals surface area (Å²) in [6, 6.07) is 9.22. The van der Waals surface area contributed by atoms with Crippen LogP contribution < -0.4 is 0 Å². The van der Waals surface area contributed by atoms with Gasteiger partial charge in [0, 0.05) is 4.91 Å². The molecular formula is C13H17N3O. The molecule has 0 aromatic heterocycles. The Morgan fingerprint density at radius 2 is 2.12 bits per heavy atom. The third-order valence-electron chi connectivity index (χ3n) is 2.45. The van der Waals surface area contributed by atoms with Gasteiger partial charge in [-0.25, -0.2) is 0 Å². The van der Waals surface area contributed by atoms with E-state index in [2.05, 4.69) is 10.0 Å². The second kappa shape index (κ2) is 7.49. The number of benzene rings is 1. The van der Waals surface area contributed by atoms with E-state index in [-0.39, 0.29) is 0 Å². The van der Waals surface area contributed by atoms with Crippen molar-refractivity contribution in [2.75, 3.05) is 0 Å². The summed E-state index contributed by atoms with van der Waals surface area (Å²) in [7, 11) is 0. The lowest BCUT2D eigenvalue weighted by Crippen LogP contribution is -2.21. The SMILES string of the molecule is CCC[C@@H](O)[C@H](/C=C/c1ccccc1)N=[N+]=[N-]. The van der Waals surface area contributed by atoms with Crippen molar-refractivity contribution in [2.24, 2.45) is 5.11 Å². The van der Waals surface area contributed by atoms with Gasteiger partial charge in [0.2, 0.25) is 0 Å². The van der Waals surface area contributed by atoms with Gasteiger partial charge in [-0.2, -0.15) is 0 Å². The molecule has 0 aliphatic carbocycles. The van der Waals surface area contributed by atoms with E-state index in [1.807, 2.05) is 43.3 Å². The normalized spacial score (nSPS) is 14.2. The van der Waals surface area contributed by atoms with E-state index < -0.39 is 12.1 Å². The molecule has 0 bridgehead atoms. The molecule has 1 N–H and O–H groups in total. The third kappa shape index (κ3) is 4.72. The van der Waals surface area contributed by atoms with Crippen LogP contribution in [0.15, 0.2) is 41.5 Å². The van der Waals surface area contributed by atoms with Crippen LogP contribution >= 0.6 is 0 Å². The van der Waals surface area contributed by atoms with Gasteiger partial charge in [0.05, 0.1) is 12.1 Å². The molecule has 0 saturated carbocycles. The Bertz CT molecular complexity index is 396. The van der Waals surface area contributed by atoms with Gasteiger partial charge < -0.3 is 5.11 Å². The van der Waals surface area contributed by atoms with Gasteiger partial charge in [0.1, 0.15) is 0 Å². The molecule has 0 aliphatic rings.